The minimum atomic E-state index is -0.399. The number of anilines is 2. The van der Waals surface area contributed by atoms with E-state index in [1.807, 2.05) is 24.3 Å². The molecule has 3 aromatic rings. The van der Waals surface area contributed by atoms with Crippen LogP contribution >= 0.6 is 0 Å². The van der Waals surface area contributed by atoms with E-state index >= 15 is 0 Å². The van der Waals surface area contributed by atoms with Crippen LogP contribution in [0.1, 0.15) is 25.7 Å². The van der Waals surface area contributed by atoms with Crippen LogP contribution in [0, 0.1) is 5.82 Å². The van der Waals surface area contributed by atoms with Crippen LogP contribution in [0.2, 0.25) is 0 Å². The predicted molar refractivity (Wildman–Crippen MR) is 98.1 cm³/mol. The molecule has 5 nitrogen and oxygen atoms in total. The molecule has 0 amide bonds. The fourth-order valence-corrected chi connectivity index (χ4v) is 3.27. The predicted octanol–water partition coefficient (Wildman–Crippen LogP) is 4.19. The van der Waals surface area contributed by atoms with Crippen LogP contribution in [-0.2, 0) is 0 Å². The van der Waals surface area contributed by atoms with Crippen molar-refractivity contribution in [2.45, 2.75) is 37.9 Å². The fraction of sp³-hybridized carbons (Fsp3) is 0.300. The van der Waals surface area contributed by atoms with E-state index in [0.717, 1.165) is 37.1 Å². The Bertz CT molecular complexity index is 901. The molecule has 1 saturated carbocycles. The largest absolute Gasteiger partial charge is 0.488 e. The summed E-state index contributed by atoms with van der Waals surface area (Å²) in [6.45, 7) is 0. The maximum atomic E-state index is 13.5. The quantitative estimate of drug-likeness (QED) is 0.736. The van der Waals surface area contributed by atoms with Gasteiger partial charge in [-0.3, -0.25) is 0 Å². The molecule has 1 aromatic heterocycles. The van der Waals surface area contributed by atoms with E-state index in [-0.39, 0.29) is 11.9 Å². The molecule has 0 bridgehead atoms. The Morgan fingerprint density at radius 1 is 1.04 bits per heavy atom. The first kappa shape index (κ1) is 16.7. The van der Waals surface area contributed by atoms with Crippen molar-refractivity contribution in [1.29, 1.82) is 0 Å². The van der Waals surface area contributed by atoms with Gasteiger partial charge in [-0.2, -0.15) is 0 Å². The van der Waals surface area contributed by atoms with Crippen LogP contribution in [0.25, 0.3) is 10.9 Å². The molecular formula is C20H20FN3O2. The molecular weight excluding hydrogens is 333 g/mol. The molecule has 2 aromatic carbocycles. The Hall–Kier alpha value is -2.73. The summed E-state index contributed by atoms with van der Waals surface area (Å²) in [4.78, 5) is 8.37. The molecule has 2 atom stereocenters. The molecule has 134 valence electrons. The second kappa shape index (κ2) is 7.25. The number of fused-ring (bicyclic) bond motifs is 1. The zero-order valence-corrected chi connectivity index (χ0v) is 14.2. The molecule has 1 aliphatic carbocycles. The number of benzene rings is 2. The van der Waals surface area contributed by atoms with Gasteiger partial charge >= 0.3 is 0 Å². The summed E-state index contributed by atoms with van der Waals surface area (Å²) in [5, 5.41) is 13.8. The van der Waals surface area contributed by atoms with Crippen molar-refractivity contribution in [3.63, 3.8) is 0 Å². The van der Waals surface area contributed by atoms with Gasteiger partial charge in [0.25, 0.3) is 0 Å². The van der Waals surface area contributed by atoms with Crippen molar-refractivity contribution in [3.8, 4) is 5.75 Å². The number of aromatic nitrogens is 2. The van der Waals surface area contributed by atoms with Gasteiger partial charge in [0.05, 0.1) is 11.6 Å². The first-order chi connectivity index (χ1) is 12.7. The number of hydrogen-bond donors (Lipinski definition) is 2. The van der Waals surface area contributed by atoms with Crippen LogP contribution in [0.4, 0.5) is 15.9 Å². The highest BCUT2D eigenvalue weighted by atomic mass is 19.1. The minimum Gasteiger partial charge on any atom is -0.488 e. The molecule has 1 aliphatic rings. The summed E-state index contributed by atoms with van der Waals surface area (Å²) in [6.07, 6.45) is 4.71. The average Bonchev–Trinajstić information content (AvgIpc) is 2.66. The van der Waals surface area contributed by atoms with Crippen molar-refractivity contribution < 1.29 is 14.2 Å². The standard InChI is InChI=1S/C20H20FN3O2/c21-13-5-10-17-16(11-13)20(23-12-22-17)24-14-6-8-15(9-7-14)26-19-4-2-1-3-18(19)25/h5-12,18-19,25H,1-4H2,(H,22,23,24)/t18-,19-/m1/s1. The Kier molecular flexibility index (Phi) is 4.67. The molecule has 4 rings (SSSR count). The maximum Gasteiger partial charge on any atom is 0.141 e. The van der Waals surface area contributed by atoms with Gasteiger partial charge in [-0.15, -0.1) is 0 Å². The number of nitrogens with zero attached hydrogens (tertiary/aromatic N) is 2. The zero-order valence-electron chi connectivity index (χ0n) is 14.2. The SMILES string of the molecule is O[C@@H]1CCCC[C@H]1Oc1ccc(Nc2ncnc3ccc(F)cc23)cc1. The Morgan fingerprint density at radius 3 is 2.65 bits per heavy atom. The highest BCUT2D eigenvalue weighted by Crippen LogP contribution is 2.27. The maximum absolute atomic E-state index is 13.5. The lowest BCUT2D eigenvalue weighted by Crippen LogP contribution is -2.34. The third kappa shape index (κ3) is 3.60. The van der Waals surface area contributed by atoms with Crippen LogP contribution < -0.4 is 10.1 Å². The summed E-state index contributed by atoms with van der Waals surface area (Å²) in [5.41, 5.74) is 1.49. The monoisotopic (exact) mass is 353 g/mol. The smallest absolute Gasteiger partial charge is 0.141 e. The van der Waals surface area contributed by atoms with E-state index in [2.05, 4.69) is 15.3 Å². The number of aliphatic hydroxyl groups is 1. The molecule has 26 heavy (non-hydrogen) atoms. The lowest BCUT2D eigenvalue weighted by Gasteiger charge is -2.28. The van der Waals surface area contributed by atoms with E-state index in [1.54, 1.807) is 6.07 Å². The summed E-state index contributed by atoms with van der Waals surface area (Å²) < 4.78 is 19.4. The Morgan fingerprint density at radius 2 is 1.85 bits per heavy atom. The van der Waals surface area contributed by atoms with E-state index < -0.39 is 6.10 Å². The van der Waals surface area contributed by atoms with E-state index in [9.17, 15) is 9.50 Å². The number of aliphatic hydroxyl groups excluding tert-OH is 1. The van der Waals surface area contributed by atoms with Crippen molar-refractivity contribution in [1.82, 2.24) is 9.97 Å². The fourth-order valence-electron chi connectivity index (χ4n) is 3.27. The molecule has 0 spiro atoms. The van der Waals surface area contributed by atoms with Gasteiger partial charge in [-0.25, -0.2) is 14.4 Å². The minimum absolute atomic E-state index is 0.142. The zero-order chi connectivity index (χ0) is 17.9. The van der Waals surface area contributed by atoms with Gasteiger partial charge in [-0.1, -0.05) is 6.42 Å². The second-order valence-corrected chi connectivity index (χ2v) is 6.54. The number of halogens is 1. The van der Waals surface area contributed by atoms with Gasteiger partial charge in [0, 0.05) is 11.1 Å². The van der Waals surface area contributed by atoms with E-state index in [0.29, 0.717) is 16.7 Å². The second-order valence-electron chi connectivity index (χ2n) is 6.54. The molecule has 0 aliphatic heterocycles. The van der Waals surface area contributed by atoms with Gasteiger partial charge in [-0.05, 0) is 61.7 Å². The van der Waals surface area contributed by atoms with Crippen LogP contribution in [0.15, 0.2) is 48.8 Å². The topological polar surface area (TPSA) is 67.3 Å². The summed E-state index contributed by atoms with van der Waals surface area (Å²) in [5.74, 6) is 0.941. The third-order valence-corrected chi connectivity index (χ3v) is 4.67. The Labute approximate surface area is 150 Å². The molecule has 6 heteroatoms. The Balaban J connectivity index is 1.50. The van der Waals surface area contributed by atoms with Crippen molar-refractivity contribution in [2.24, 2.45) is 0 Å². The molecule has 0 unspecified atom stereocenters. The molecule has 0 saturated heterocycles. The van der Waals surface area contributed by atoms with Crippen molar-refractivity contribution in [3.05, 3.63) is 54.6 Å². The van der Waals surface area contributed by atoms with Gasteiger partial charge < -0.3 is 15.2 Å². The summed E-state index contributed by atoms with van der Waals surface area (Å²) in [7, 11) is 0. The number of nitrogens with one attached hydrogen (secondary N) is 1. The first-order valence-corrected chi connectivity index (χ1v) is 8.81. The normalized spacial score (nSPS) is 20.1. The highest BCUT2D eigenvalue weighted by Gasteiger charge is 2.24. The third-order valence-electron chi connectivity index (χ3n) is 4.67. The van der Waals surface area contributed by atoms with Crippen LogP contribution in [0.3, 0.4) is 0 Å². The first-order valence-electron chi connectivity index (χ1n) is 8.81. The van der Waals surface area contributed by atoms with Crippen LogP contribution in [0.5, 0.6) is 5.75 Å². The van der Waals surface area contributed by atoms with Crippen LogP contribution in [-0.4, -0.2) is 27.3 Å². The summed E-state index contributed by atoms with van der Waals surface area (Å²) >= 11 is 0. The average molecular weight is 353 g/mol. The lowest BCUT2D eigenvalue weighted by molar-refractivity contribution is 0.00688. The van der Waals surface area contributed by atoms with E-state index in [1.165, 1.54) is 18.5 Å². The van der Waals surface area contributed by atoms with Gasteiger partial charge in [0.15, 0.2) is 0 Å². The number of ether oxygens (including phenoxy) is 1. The summed E-state index contributed by atoms with van der Waals surface area (Å²) in [6, 6.07) is 11.9. The lowest BCUT2D eigenvalue weighted by atomic mass is 9.95. The number of rotatable bonds is 4. The van der Waals surface area contributed by atoms with Crippen molar-refractivity contribution in [2.75, 3.05) is 5.32 Å². The molecule has 1 fully saturated rings. The highest BCUT2D eigenvalue weighted by molar-refractivity contribution is 5.90. The number of hydrogen-bond acceptors (Lipinski definition) is 5. The molecule has 0 radical (unpaired) electrons. The van der Waals surface area contributed by atoms with E-state index in [4.69, 9.17) is 4.74 Å². The van der Waals surface area contributed by atoms with Crippen molar-refractivity contribution >= 4 is 22.4 Å². The van der Waals surface area contributed by atoms with Gasteiger partial charge in [0.1, 0.15) is 29.8 Å². The molecule has 1 heterocycles. The van der Waals surface area contributed by atoms with Gasteiger partial charge in [0.2, 0.25) is 0 Å². The molecule has 2 N–H and O–H groups in total.